The molecule has 2 N–H and O–H groups in total. The predicted octanol–water partition coefficient (Wildman–Crippen LogP) is 1.95. The summed E-state index contributed by atoms with van der Waals surface area (Å²) < 4.78 is 15.8. The molecule has 0 unspecified atom stereocenters. The average molecular weight is 354 g/mol. The van der Waals surface area contributed by atoms with Gasteiger partial charge in [0.25, 0.3) is 0 Å². The minimum atomic E-state index is -1.06. The number of anilines is 1. The van der Waals surface area contributed by atoms with Crippen LogP contribution in [0, 0.1) is 11.8 Å². The minimum Gasteiger partial charge on any atom is -0.495 e. The standard InChI is InChI=1S/C16H16ClNO6/c1-22-11-6-12(23-2)8(5-7(11)17)18-15(19)13-9-3-4-10(24-9)14(13)16(20)21/h3-6,9-10,13-14H,1-2H3,(H,18,19)(H,20,21)/t9-,10+,13-,14+/m1/s1. The topological polar surface area (TPSA) is 94.1 Å². The monoisotopic (exact) mass is 353 g/mol. The number of rotatable bonds is 5. The lowest BCUT2D eigenvalue weighted by Gasteiger charge is -2.22. The van der Waals surface area contributed by atoms with Gasteiger partial charge in [0.15, 0.2) is 0 Å². The van der Waals surface area contributed by atoms with Crippen molar-refractivity contribution in [2.75, 3.05) is 19.5 Å². The second-order valence-electron chi connectivity index (χ2n) is 5.52. The molecule has 2 aliphatic rings. The lowest BCUT2D eigenvalue weighted by Crippen LogP contribution is -2.39. The van der Waals surface area contributed by atoms with Crippen LogP contribution in [0.5, 0.6) is 11.5 Å². The van der Waals surface area contributed by atoms with E-state index in [0.717, 1.165) is 0 Å². The summed E-state index contributed by atoms with van der Waals surface area (Å²) in [5, 5.41) is 12.4. The van der Waals surface area contributed by atoms with Crippen molar-refractivity contribution in [1.29, 1.82) is 0 Å². The van der Waals surface area contributed by atoms with Gasteiger partial charge in [0.1, 0.15) is 17.4 Å². The van der Waals surface area contributed by atoms with Gasteiger partial charge in [-0.25, -0.2) is 0 Å². The molecule has 1 saturated heterocycles. The Morgan fingerprint density at radius 3 is 2.33 bits per heavy atom. The highest BCUT2D eigenvalue weighted by Crippen LogP contribution is 2.41. The summed E-state index contributed by atoms with van der Waals surface area (Å²) in [4.78, 5) is 24.1. The molecular formula is C16H16ClNO6. The third-order valence-electron chi connectivity index (χ3n) is 4.22. The van der Waals surface area contributed by atoms with Gasteiger partial charge in [-0.3, -0.25) is 9.59 Å². The number of methoxy groups -OCH3 is 2. The second-order valence-corrected chi connectivity index (χ2v) is 5.92. The molecule has 1 fully saturated rings. The number of hydrogen-bond acceptors (Lipinski definition) is 5. The fraction of sp³-hybridized carbons (Fsp3) is 0.375. The van der Waals surface area contributed by atoms with Crippen molar-refractivity contribution in [1.82, 2.24) is 0 Å². The van der Waals surface area contributed by atoms with Crippen LogP contribution in [0.1, 0.15) is 0 Å². The first-order valence-electron chi connectivity index (χ1n) is 7.25. The Balaban J connectivity index is 1.86. The zero-order chi connectivity index (χ0) is 17.4. The van der Waals surface area contributed by atoms with E-state index in [4.69, 9.17) is 25.8 Å². The lowest BCUT2D eigenvalue weighted by molar-refractivity contribution is -0.145. The van der Waals surface area contributed by atoms with Crippen LogP contribution in [-0.4, -0.2) is 43.4 Å². The number of carbonyl (C=O) groups excluding carboxylic acids is 1. The summed E-state index contributed by atoms with van der Waals surface area (Å²) >= 11 is 6.08. The van der Waals surface area contributed by atoms with Crippen molar-refractivity contribution >= 4 is 29.2 Å². The number of nitrogens with one attached hydrogen (secondary N) is 1. The normalized spacial score (nSPS) is 27.1. The van der Waals surface area contributed by atoms with Gasteiger partial charge >= 0.3 is 5.97 Å². The van der Waals surface area contributed by atoms with Gasteiger partial charge < -0.3 is 24.6 Å². The molecule has 2 aliphatic heterocycles. The van der Waals surface area contributed by atoms with E-state index >= 15 is 0 Å². The molecule has 2 bridgehead atoms. The van der Waals surface area contributed by atoms with Crippen LogP contribution >= 0.6 is 11.6 Å². The molecule has 1 amide bonds. The van der Waals surface area contributed by atoms with Crippen LogP contribution in [-0.2, 0) is 14.3 Å². The van der Waals surface area contributed by atoms with Gasteiger partial charge in [-0.2, -0.15) is 0 Å². The summed E-state index contributed by atoms with van der Waals surface area (Å²) in [6, 6.07) is 3.04. The van der Waals surface area contributed by atoms with Gasteiger partial charge in [-0.1, -0.05) is 23.8 Å². The number of aliphatic carboxylic acids is 1. The van der Waals surface area contributed by atoms with Gasteiger partial charge in [-0.05, 0) is 6.07 Å². The highest BCUT2D eigenvalue weighted by Gasteiger charge is 2.53. The number of halogens is 1. The molecular weight excluding hydrogens is 338 g/mol. The Kier molecular flexibility index (Phi) is 4.38. The van der Waals surface area contributed by atoms with Gasteiger partial charge in [-0.15, -0.1) is 0 Å². The van der Waals surface area contributed by atoms with E-state index in [1.807, 2.05) is 0 Å². The molecule has 24 heavy (non-hydrogen) atoms. The molecule has 0 radical (unpaired) electrons. The minimum absolute atomic E-state index is 0.299. The fourth-order valence-corrected chi connectivity index (χ4v) is 3.33. The van der Waals surface area contributed by atoms with Crippen molar-refractivity contribution in [2.24, 2.45) is 11.8 Å². The summed E-state index contributed by atoms with van der Waals surface area (Å²) in [5.74, 6) is -2.49. The summed E-state index contributed by atoms with van der Waals surface area (Å²) in [6.07, 6.45) is 2.27. The fourth-order valence-electron chi connectivity index (χ4n) is 3.09. The molecule has 2 heterocycles. The average Bonchev–Trinajstić information content (AvgIpc) is 3.16. The van der Waals surface area contributed by atoms with E-state index < -0.39 is 35.9 Å². The molecule has 4 atom stereocenters. The molecule has 0 spiro atoms. The maximum atomic E-state index is 12.6. The molecule has 7 nitrogen and oxygen atoms in total. The van der Waals surface area contributed by atoms with Gasteiger partial charge in [0, 0.05) is 6.07 Å². The van der Waals surface area contributed by atoms with Gasteiger partial charge in [0.05, 0.1) is 43.1 Å². The maximum Gasteiger partial charge on any atom is 0.310 e. The smallest absolute Gasteiger partial charge is 0.310 e. The Bertz CT molecular complexity index is 719. The summed E-state index contributed by atoms with van der Waals surface area (Å²) in [7, 11) is 2.91. The molecule has 3 rings (SSSR count). The highest BCUT2D eigenvalue weighted by atomic mass is 35.5. The molecule has 1 aromatic carbocycles. The van der Waals surface area contributed by atoms with E-state index in [-0.39, 0.29) is 0 Å². The molecule has 1 aromatic rings. The largest absolute Gasteiger partial charge is 0.495 e. The quantitative estimate of drug-likeness (QED) is 0.786. The van der Waals surface area contributed by atoms with Crippen molar-refractivity contribution in [3.05, 3.63) is 29.3 Å². The van der Waals surface area contributed by atoms with Crippen molar-refractivity contribution in [3.8, 4) is 11.5 Å². The van der Waals surface area contributed by atoms with Crippen molar-refractivity contribution in [2.45, 2.75) is 12.2 Å². The maximum absolute atomic E-state index is 12.6. The van der Waals surface area contributed by atoms with E-state index in [9.17, 15) is 14.7 Å². The SMILES string of the molecule is COc1cc(OC)c(NC(=O)[C@H]2[C@@H](C(=O)O)[C@@H]3C=C[C@H]2O3)cc1Cl. The molecule has 0 aliphatic carbocycles. The van der Waals surface area contributed by atoms with Crippen LogP contribution in [0.3, 0.4) is 0 Å². The number of amides is 1. The van der Waals surface area contributed by atoms with Crippen molar-refractivity contribution in [3.63, 3.8) is 0 Å². The summed E-state index contributed by atoms with van der Waals surface area (Å²) in [6.45, 7) is 0. The highest BCUT2D eigenvalue weighted by molar-refractivity contribution is 6.32. The number of carboxylic acids is 1. The van der Waals surface area contributed by atoms with E-state index in [1.54, 1.807) is 18.2 Å². The summed E-state index contributed by atoms with van der Waals surface area (Å²) in [5.41, 5.74) is 0.337. The van der Waals surface area contributed by atoms with Crippen LogP contribution in [0.25, 0.3) is 0 Å². The Morgan fingerprint density at radius 1 is 1.12 bits per heavy atom. The van der Waals surface area contributed by atoms with E-state index in [0.29, 0.717) is 22.2 Å². The lowest BCUT2D eigenvalue weighted by atomic mass is 9.82. The van der Waals surface area contributed by atoms with E-state index in [1.165, 1.54) is 20.3 Å². The molecule has 0 saturated carbocycles. The third-order valence-corrected chi connectivity index (χ3v) is 4.51. The third kappa shape index (κ3) is 2.70. The second kappa shape index (κ2) is 6.33. The van der Waals surface area contributed by atoms with Gasteiger partial charge in [0.2, 0.25) is 5.91 Å². The van der Waals surface area contributed by atoms with Crippen LogP contribution < -0.4 is 14.8 Å². The van der Waals surface area contributed by atoms with Crippen molar-refractivity contribution < 1.29 is 28.9 Å². The number of fused-ring (bicyclic) bond motifs is 2. The first kappa shape index (κ1) is 16.6. The number of benzene rings is 1. The van der Waals surface area contributed by atoms with Crippen LogP contribution in [0.15, 0.2) is 24.3 Å². The molecule has 8 heteroatoms. The number of ether oxygens (including phenoxy) is 3. The zero-order valence-electron chi connectivity index (χ0n) is 13.0. The van der Waals surface area contributed by atoms with E-state index in [2.05, 4.69) is 5.32 Å². The molecule has 128 valence electrons. The number of hydrogen-bond donors (Lipinski definition) is 2. The first-order chi connectivity index (χ1) is 11.5. The molecule has 0 aromatic heterocycles. The predicted molar refractivity (Wildman–Crippen MR) is 85.6 cm³/mol. The van der Waals surface area contributed by atoms with Crippen LogP contribution in [0.2, 0.25) is 5.02 Å². The van der Waals surface area contributed by atoms with Crippen LogP contribution in [0.4, 0.5) is 5.69 Å². The Hall–Kier alpha value is -2.25. The number of carbonyl (C=O) groups is 2. The Morgan fingerprint density at radius 2 is 1.75 bits per heavy atom. The first-order valence-corrected chi connectivity index (χ1v) is 7.63. The number of carboxylic acid groups (broad SMARTS) is 1. The Labute approximate surface area is 143 Å². The zero-order valence-corrected chi connectivity index (χ0v) is 13.7.